The number of hydrogen-bond donors (Lipinski definition) is 3. The molecule has 5 rings (SSSR count). The molecule has 0 bridgehead atoms. The topological polar surface area (TPSA) is 143 Å². The number of urea groups is 1. The van der Waals surface area contributed by atoms with Crippen LogP contribution in [0.1, 0.15) is 57.4 Å². The van der Waals surface area contributed by atoms with Crippen LogP contribution >= 0.6 is 0 Å². The predicted molar refractivity (Wildman–Crippen MR) is 154 cm³/mol. The number of nitrogens with zero attached hydrogens (tertiary/aromatic N) is 5. The van der Waals surface area contributed by atoms with Crippen molar-refractivity contribution >= 4 is 17.8 Å². The third-order valence-electron chi connectivity index (χ3n) is 8.83. The van der Waals surface area contributed by atoms with E-state index in [9.17, 15) is 14.4 Å². The molecule has 2 saturated carbocycles. The third-order valence-corrected chi connectivity index (χ3v) is 8.83. The van der Waals surface area contributed by atoms with E-state index in [1.54, 1.807) is 22.1 Å². The number of nitrogens with one attached hydrogen (secondary N) is 1. The van der Waals surface area contributed by atoms with Crippen LogP contribution in [0.25, 0.3) is 5.69 Å². The van der Waals surface area contributed by atoms with E-state index >= 15 is 0 Å². The van der Waals surface area contributed by atoms with Crippen molar-refractivity contribution < 1.29 is 9.59 Å². The van der Waals surface area contributed by atoms with Gasteiger partial charge in [-0.15, -0.1) is 0 Å². The lowest BCUT2D eigenvalue weighted by Crippen LogP contribution is -2.63. The number of aromatic nitrogens is 2. The Morgan fingerprint density at radius 1 is 1.02 bits per heavy atom. The first kappa shape index (κ1) is 28.3. The van der Waals surface area contributed by atoms with Gasteiger partial charge in [-0.3, -0.25) is 19.6 Å². The molecule has 11 heteroatoms. The fourth-order valence-corrected chi connectivity index (χ4v) is 6.02. The summed E-state index contributed by atoms with van der Waals surface area (Å²) < 4.78 is 1.47. The predicted octanol–water partition coefficient (Wildman–Crippen LogP) is 1.88. The third kappa shape index (κ3) is 6.21. The van der Waals surface area contributed by atoms with Gasteiger partial charge >= 0.3 is 11.7 Å². The van der Waals surface area contributed by atoms with Gasteiger partial charge in [0.1, 0.15) is 5.82 Å². The molecular formula is C29H42N8O3. The Morgan fingerprint density at radius 3 is 2.25 bits per heavy atom. The molecular weight excluding hydrogens is 508 g/mol. The molecule has 0 atom stereocenters. The highest BCUT2D eigenvalue weighted by Gasteiger charge is 2.43. The SMILES string of the molecule is CCN(Cc1ccc(-n2ccc(NC(=O)N3CCN(C(=O)C4(N)CCC4)CC3)nc2=O)cc1)C1CCC(N)CC1. The molecule has 5 N–H and O–H groups in total. The van der Waals surface area contributed by atoms with Crippen molar-refractivity contribution in [3.05, 3.63) is 52.6 Å². The number of hydrogen-bond acceptors (Lipinski definition) is 7. The van der Waals surface area contributed by atoms with Gasteiger partial charge in [-0.2, -0.15) is 4.98 Å². The van der Waals surface area contributed by atoms with Crippen molar-refractivity contribution in [2.24, 2.45) is 11.5 Å². The van der Waals surface area contributed by atoms with Gasteiger partial charge in [0, 0.05) is 51.0 Å². The summed E-state index contributed by atoms with van der Waals surface area (Å²) in [6.45, 7) is 5.75. The number of piperazine rings is 1. The number of amides is 3. The van der Waals surface area contributed by atoms with Crippen LogP contribution in [0, 0.1) is 0 Å². The zero-order chi connectivity index (χ0) is 28.3. The lowest BCUT2D eigenvalue weighted by Gasteiger charge is -2.43. The van der Waals surface area contributed by atoms with E-state index in [-0.39, 0.29) is 17.8 Å². The Morgan fingerprint density at radius 2 is 1.68 bits per heavy atom. The minimum atomic E-state index is -0.724. The van der Waals surface area contributed by atoms with Crippen molar-refractivity contribution in [1.29, 1.82) is 0 Å². The summed E-state index contributed by atoms with van der Waals surface area (Å²) in [5.41, 5.74) is 13.0. The quantitative estimate of drug-likeness (QED) is 0.478. The molecule has 2 aromatic rings. The van der Waals surface area contributed by atoms with Gasteiger partial charge in [-0.05, 0) is 75.3 Å². The molecule has 0 radical (unpaired) electrons. The minimum absolute atomic E-state index is 0.0192. The van der Waals surface area contributed by atoms with Gasteiger partial charge in [0.15, 0.2) is 0 Å². The van der Waals surface area contributed by atoms with Crippen molar-refractivity contribution in [2.75, 3.05) is 38.0 Å². The zero-order valence-corrected chi connectivity index (χ0v) is 23.4. The summed E-state index contributed by atoms with van der Waals surface area (Å²) in [5.74, 6) is 0.178. The Hall–Kier alpha value is -3.28. The fourth-order valence-electron chi connectivity index (χ4n) is 6.02. The molecule has 3 aliphatic rings. The monoisotopic (exact) mass is 550 g/mol. The molecule has 2 heterocycles. The molecule has 1 aromatic heterocycles. The maximum Gasteiger partial charge on any atom is 0.354 e. The molecule has 1 saturated heterocycles. The fraction of sp³-hybridized carbons (Fsp3) is 0.586. The molecule has 3 amide bonds. The van der Waals surface area contributed by atoms with Crippen molar-refractivity contribution in [3.8, 4) is 5.69 Å². The molecule has 3 fully saturated rings. The normalized spacial score (nSPS) is 22.6. The Kier molecular flexibility index (Phi) is 8.53. The standard InChI is InChI=1S/C29H42N8O3/c1-2-34(23-10-6-22(30)7-11-23)20-21-4-8-24(9-5-21)37-15-12-25(33-28(37)40)32-27(39)36-18-16-35(17-19-36)26(38)29(31)13-3-14-29/h4-5,8-9,12,15,22-23H,2-3,6-7,10-11,13-14,16-20,30-31H2,1H3,(H,32,33,39,40). The van der Waals surface area contributed by atoms with Crippen molar-refractivity contribution in [3.63, 3.8) is 0 Å². The molecule has 40 heavy (non-hydrogen) atoms. The first-order valence-corrected chi connectivity index (χ1v) is 14.6. The smallest absolute Gasteiger partial charge is 0.338 e. The second-order valence-corrected chi connectivity index (χ2v) is 11.5. The van der Waals surface area contributed by atoms with Gasteiger partial charge in [0.2, 0.25) is 5.91 Å². The Bertz CT molecular complexity index is 1240. The van der Waals surface area contributed by atoms with E-state index in [1.165, 1.54) is 10.1 Å². The number of carbonyl (C=O) groups is 2. The van der Waals surface area contributed by atoms with Crippen LogP contribution < -0.4 is 22.5 Å². The molecule has 0 unspecified atom stereocenters. The average molecular weight is 551 g/mol. The Balaban J connectivity index is 1.14. The lowest BCUT2D eigenvalue weighted by atomic mass is 9.76. The molecule has 1 aliphatic heterocycles. The van der Waals surface area contributed by atoms with Crippen LogP contribution in [0.2, 0.25) is 0 Å². The zero-order valence-electron chi connectivity index (χ0n) is 23.4. The molecule has 216 valence electrons. The van der Waals surface area contributed by atoms with Crippen LogP contribution in [0.15, 0.2) is 41.3 Å². The van der Waals surface area contributed by atoms with E-state index in [2.05, 4.69) is 34.3 Å². The molecule has 11 nitrogen and oxygen atoms in total. The van der Waals surface area contributed by atoms with Gasteiger partial charge < -0.3 is 21.3 Å². The highest BCUT2D eigenvalue weighted by atomic mass is 16.2. The van der Waals surface area contributed by atoms with Crippen LogP contribution in [0.5, 0.6) is 0 Å². The summed E-state index contributed by atoms with van der Waals surface area (Å²) in [6.07, 6.45) is 8.50. The number of nitrogens with two attached hydrogens (primary N) is 2. The maximum absolute atomic E-state index is 12.8. The van der Waals surface area contributed by atoms with Gasteiger partial charge in [-0.1, -0.05) is 19.1 Å². The van der Waals surface area contributed by atoms with Gasteiger partial charge in [0.05, 0.1) is 11.2 Å². The van der Waals surface area contributed by atoms with E-state index in [0.29, 0.717) is 38.3 Å². The average Bonchev–Trinajstić information content (AvgIpc) is 2.95. The summed E-state index contributed by atoms with van der Waals surface area (Å²) in [6, 6.07) is 10.1. The van der Waals surface area contributed by atoms with Crippen LogP contribution in [0.3, 0.4) is 0 Å². The van der Waals surface area contributed by atoms with E-state index < -0.39 is 11.2 Å². The molecule has 2 aliphatic carbocycles. The first-order chi connectivity index (χ1) is 19.3. The molecule has 0 spiro atoms. The van der Waals surface area contributed by atoms with Gasteiger partial charge in [0.25, 0.3) is 0 Å². The number of anilines is 1. The largest absolute Gasteiger partial charge is 0.354 e. The minimum Gasteiger partial charge on any atom is -0.338 e. The van der Waals surface area contributed by atoms with Crippen molar-refractivity contribution in [2.45, 2.75) is 76.0 Å². The van der Waals surface area contributed by atoms with Crippen LogP contribution in [-0.4, -0.2) is 86.5 Å². The summed E-state index contributed by atoms with van der Waals surface area (Å²) in [4.78, 5) is 48.2. The van der Waals surface area contributed by atoms with E-state index in [4.69, 9.17) is 11.5 Å². The highest BCUT2D eigenvalue weighted by Crippen LogP contribution is 2.31. The number of rotatable bonds is 7. The number of benzene rings is 1. The van der Waals surface area contributed by atoms with Gasteiger partial charge in [-0.25, -0.2) is 9.59 Å². The van der Waals surface area contributed by atoms with E-state index in [1.807, 2.05) is 12.1 Å². The first-order valence-electron chi connectivity index (χ1n) is 14.6. The number of carbonyl (C=O) groups excluding carboxylic acids is 2. The highest BCUT2D eigenvalue weighted by molar-refractivity contribution is 5.89. The van der Waals surface area contributed by atoms with E-state index in [0.717, 1.165) is 63.7 Å². The van der Waals surface area contributed by atoms with Crippen LogP contribution in [0.4, 0.5) is 10.6 Å². The van der Waals surface area contributed by atoms with Crippen LogP contribution in [-0.2, 0) is 11.3 Å². The summed E-state index contributed by atoms with van der Waals surface area (Å²) >= 11 is 0. The summed E-state index contributed by atoms with van der Waals surface area (Å²) in [7, 11) is 0. The second-order valence-electron chi connectivity index (χ2n) is 11.5. The second kappa shape index (κ2) is 12.1. The summed E-state index contributed by atoms with van der Waals surface area (Å²) in [5, 5.41) is 2.72. The maximum atomic E-state index is 12.8. The lowest BCUT2D eigenvalue weighted by molar-refractivity contribution is -0.141. The van der Waals surface area contributed by atoms with Crippen molar-refractivity contribution in [1.82, 2.24) is 24.3 Å². The molecule has 1 aromatic carbocycles. The Labute approximate surface area is 235 Å².